The van der Waals surface area contributed by atoms with Gasteiger partial charge in [-0.25, -0.2) is 4.79 Å². The van der Waals surface area contributed by atoms with E-state index in [4.69, 9.17) is 5.11 Å². The van der Waals surface area contributed by atoms with Crippen LogP contribution in [0.2, 0.25) is 0 Å². The maximum absolute atomic E-state index is 11.8. The van der Waals surface area contributed by atoms with Gasteiger partial charge in [0.1, 0.15) is 4.88 Å². The summed E-state index contributed by atoms with van der Waals surface area (Å²) in [5.41, 5.74) is 0.134. The Morgan fingerprint density at radius 1 is 1.33 bits per heavy atom. The number of amides is 1. The van der Waals surface area contributed by atoms with Gasteiger partial charge in [-0.1, -0.05) is 27.7 Å². The predicted octanol–water partition coefficient (Wildman–Crippen LogP) is 2.86. The van der Waals surface area contributed by atoms with Crippen LogP contribution in [0.3, 0.4) is 0 Å². The molecule has 0 aliphatic carbocycles. The number of hydrogen-bond donors (Lipinski definition) is 2. The van der Waals surface area contributed by atoms with Gasteiger partial charge in [0, 0.05) is 6.54 Å². The quantitative estimate of drug-likeness (QED) is 0.883. The highest BCUT2D eigenvalue weighted by molar-refractivity contribution is 7.15. The van der Waals surface area contributed by atoms with Crippen LogP contribution >= 0.6 is 11.3 Å². The molecule has 1 unspecified atom stereocenters. The molecule has 4 nitrogen and oxygen atoms in total. The molecular weight excluding hydrogens is 250 g/mol. The predicted molar refractivity (Wildman–Crippen MR) is 72.2 cm³/mol. The normalized spacial score (nSPS) is 13.1. The second-order valence-electron chi connectivity index (χ2n) is 5.45. The van der Waals surface area contributed by atoms with E-state index in [1.807, 2.05) is 0 Å². The summed E-state index contributed by atoms with van der Waals surface area (Å²) in [6, 6.07) is 3.00. The molecule has 1 rings (SSSR count). The minimum atomic E-state index is -0.998. The van der Waals surface area contributed by atoms with Crippen molar-refractivity contribution in [2.24, 2.45) is 11.3 Å². The lowest BCUT2D eigenvalue weighted by Crippen LogP contribution is -2.33. The number of carboxylic acid groups (broad SMARTS) is 1. The highest BCUT2D eigenvalue weighted by Gasteiger charge is 2.21. The lowest BCUT2D eigenvalue weighted by atomic mass is 9.82. The Labute approximate surface area is 111 Å². The first-order chi connectivity index (χ1) is 8.21. The lowest BCUT2D eigenvalue weighted by molar-refractivity contribution is 0.0702. The summed E-state index contributed by atoms with van der Waals surface area (Å²) in [7, 11) is 0. The van der Waals surface area contributed by atoms with Gasteiger partial charge in [-0.15, -0.1) is 11.3 Å². The van der Waals surface area contributed by atoms with Crippen molar-refractivity contribution in [3.8, 4) is 0 Å². The van der Waals surface area contributed by atoms with E-state index in [0.29, 0.717) is 17.3 Å². The summed E-state index contributed by atoms with van der Waals surface area (Å²) in [4.78, 5) is 23.2. The van der Waals surface area contributed by atoms with E-state index >= 15 is 0 Å². The molecule has 0 radical (unpaired) electrons. The minimum absolute atomic E-state index is 0.134. The Hall–Kier alpha value is -1.36. The topological polar surface area (TPSA) is 66.4 Å². The van der Waals surface area contributed by atoms with Gasteiger partial charge in [0.05, 0.1) is 4.88 Å². The molecule has 1 aromatic heterocycles. The zero-order valence-electron chi connectivity index (χ0n) is 11.1. The van der Waals surface area contributed by atoms with E-state index in [1.54, 1.807) is 6.07 Å². The SMILES string of the molecule is CC(CNC(=O)c1ccc(C(=O)O)s1)C(C)(C)C. The fourth-order valence-corrected chi connectivity index (χ4v) is 1.98. The van der Waals surface area contributed by atoms with Crippen LogP contribution < -0.4 is 5.32 Å². The third kappa shape index (κ3) is 3.84. The first-order valence-corrected chi connectivity index (χ1v) is 6.65. The first-order valence-electron chi connectivity index (χ1n) is 5.83. The summed E-state index contributed by atoms with van der Waals surface area (Å²) < 4.78 is 0. The van der Waals surface area contributed by atoms with E-state index in [9.17, 15) is 9.59 Å². The van der Waals surface area contributed by atoms with Gasteiger partial charge < -0.3 is 10.4 Å². The van der Waals surface area contributed by atoms with E-state index in [-0.39, 0.29) is 16.2 Å². The maximum atomic E-state index is 11.8. The van der Waals surface area contributed by atoms with Crippen molar-refractivity contribution < 1.29 is 14.7 Å². The maximum Gasteiger partial charge on any atom is 0.345 e. The highest BCUT2D eigenvalue weighted by atomic mass is 32.1. The molecule has 5 heteroatoms. The van der Waals surface area contributed by atoms with Gasteiger partial charge in [-0.3, -0.25) is 4.79 Å². The van der Waals surface area contributed by atoms with Crippen molar-refractivity contribution in [3.05, 3.63) is 21.9 Å². The molecule has 0 saturated heterocycles. The number of carbonyl (C=O) groups excluding carboxylic acids is 1. The third-order valence-corrected chi connectivity index (χ3v) is 4.16. The Kier molecular flexibility index (Phi) is 4.51. The second-order valence-corrected chi connectivity index (χ2v) is 6.53. The van der Waals surface area contributed by atoms with Crippen molar-refractivity contribution in [2.45, 2.75) is 27.7 Å². The number of hydrogen-bond acceptors (Lipinski definition) is 3. The van der Waals surface area contributed by atoms with Crippen LogP contribution in [0.1, 0.15) is 47.0 Å². The number of carbonyl (C=O) groups is 2. The highest BCUT2D eigenvalue weighted by Crippen LogP contribution is 2.24. The van der Waals surface area contributed by atoms with Gasteiger partial charge in [0.15, 0.2) is 0 Å². The van der Waals surface area contributed by atoms with Gasteiger partial charge in [-0.05, 0) is 23.5 Å². The fraction of sp³-hybridized carbons (Fsp3) is 0.538. The van der Waals surface area contributed by atoms with E-state index in [0.717, 1.165) is 11.3 Å². The number of thiophene rings is 1. The summed E-state index contributed by atoms with van der Waals surface area (Å²) in [6.07, 6.45) is 0. The molecule has 18 heavy (non-hydrogen) atoms. The van der Waals surface area contributed by atoms with Gasteiger partial charge >= 0.3 is 5.97 Å². The van der Waals surface area contributed by atoms with Crippen molar-refractivity contribution in [1.82, 2.24) is 5.32 Å². The molecule has 0 saturated carbocycles. The molecular formula is C13H19NO3S. The Bertz CT molecular complexity index is 445. The average Bonchev–Trinajstić information content (AvgIpc) is 2.73. The average molecular weight is 269 g/mol. The van der Waals surface area contributed by atoms with Crippen molar-refractivity contribution in [2.75, 3.05) is 6.54 Å². The zero-order valence-corrected chi connectivity index (χ0v) is 11.9. The molecule has 1 atom stereocenters. The summed E-state index contributed by atoms with van der Waals surface area (Å²) in [6.45, 7) is 9.03. The first kappa shape index (κ1) is 14.7. The number of carboxylic acids is 1. The van der Waals surface area contributed by atoms with Gasteiger partial charge in [-0.2, -0.15) is 0 Å². The monoisotopic (exact) mass is 269 g/mol. The summed E-state index contributed by atoms with van der Waals surface area (Å²) in [5, 5.41) is 11.6. The number of nitrogens with one attached hydrogen (secondary N) is 1. The molecule has 1 amide bonds. The van der Waals surface area contributed by atoms with Crippen LogP contribution in [0.5, 0.6) is 0 Å². The Morgan fingerprint density at radius 2 is 1.89 bits per heavy atom. The molecule has 0 aliphatic heterocycles. The van der Waals surface area contributed by atoms with Crippen LogP contribution in [0.25, 0.3) is 0 Å². The van der Waals surface area contributed by atoms with Crippen LogP contribution in [-0.4, -0.2) is 23.5 Å². The molecule has 0 aromatic carbocycles. The molecule has 0 aliphatic rings. The van der Waals surface area contributed by atoms with E-state index in [2.05, 4.69) is 33.0 Å². The summed E-state index contributed by atoms with van der Waals surface area (Å²) in [5.74, 6) is -0.855. The molecule has 0 fully saturated rings. The summed E-state index contributed by atoms with van der Waals surface area (Å²) >= 11 is 0.997. The smallest absolute Gasteiger partial charge is 0.345 e. The molecule has 0 spiro atoms. The Morgan fingerprint density at radius 3 is 2.33 bits per heavy atom. The lowest BCUT2D eigenvalue weighted by Gasteiger charge is -2.27. The fourth-order valence-electron chi connectivity index (χ4n) is 1.21. The third-order valence-electron chi connectivity index (χ3n) is 3.09. The van der Waals surface area contributed by atoms with Crippen LogP contribution in [0.15, 0.2) is 12.1 Å². The number of aromatic carboxylic acids is 1. The molecule has 100 valence electrons. The largest absolute Gasteiger partial charge is 0.477 e. The zero-order chi connectivity index (χ0) is 13.9. The van der Waals surface area contributed by atoms with Crippen LogP contribution in [0.4, 0.5) is 0 Å². The van der Waals surface area contributed by atoms with Crippen LogP contribution in [0, 0.1) is 11.3 Å². The minimum Gasteiger partial charge on any atom is -0.477 e. The van der Waals surface area contributed by atoms with E-state index in [1.165, 1.54) is 6.07 Å². The van der Waals surface area contributed by atoms with Gasteiger partial charge in [0.25, 0.3) is 5.91 Å². The standard InChI is InChI=1S/C13H19NO3S/c1-8(13(2,3)4)7-14-11(15)9-5-6-10(18-9)12(16)17/h5-6,8H,7H2,1-4H3,(H,14,15)(H,16,17). The van der Waals surface area contributed by atoms with Gasteiger partial charge in [0.2, 0.25) is 0 Å². The molecule has 1 heterocycles. The molecule has 1 aromatic rings. The molecule has 0 bridgehead atoms. The van der Waals surface area contributed by atoms with Crippen molar-refractivity contribution in [3.63, 3.8) is 0 Å². The second kappa shape index (κ2) is 5.52. The van der Waals surface area contributed by atoms with E-state index < -0.39 is 5.97 Å². The number of rotatable bonds is 4. The Balaban J connectivity index is 2.58. The molecule has 2 N–H and O–H groups in total. The van der Waals surface area contributed by atoms with Crippen LogP contribution in [-0.2, 0) is 0 Å². The van der Waals surface area contributed by atoms with Crippen molar-refractivity contribution in [1.29, 1.82) is 0 Å². The van der Waals surface area contributed by atoms with Crippen molar-refractivity contribution >= 4 is 23.2 Å².